The van der Waals surface area contributed by atoms with E-state index < -0.39 is 5.41 Å². The number of nitrogens with zero attached hydrogens (tertiary/aromatic N) is 1. The normalized spacial score (nSPS) is 11.9. The molecule has 114 valence electrons. The molecule has 1 aromatic heterocycles. The van der Waals surface area contributed by atoms with Gasteiger partial charge >= 0.3 is 0 Å². The van der Waals surface area contributed by atoms with Crippen LogP contribution in [0.1, 0.15) is 57.4 Å². The van der Waals surface area contributed by atoms with Crippen molar-refractivity contribution in [2.24, 2.45) is 5.73 Å². The van der Waals surface area contributed by atoms with E-state index in [1.807, 2.05) is 18.2 Å². The van der Waals surface area contributed by atoms with Gasteiger partial charge in [-0.3, -0.25) is 4.79 Å². The Morgan fingerprint density at radius 3 is 2.33 bits per heavy atom. The highest BCUT2D eigenvalue weighted by molar-refractivity contribution is 7.18. The van der Waals surface area contributed by atoms with Gasteiger partial charge in [-0.25, -0.2) is 4.98 Å². The lowest BCUT2D eigenvalue weighted by molar-refractivity contribution is -0.124. The summed E-state index contributed by atoms with van der Waals surface area (Å²) >= 11 is 1.62. The van der Waals surface area contributed by atoms with Crippen LogP contribution in [-0.2, 0) is 10.2 Å². The molecule has 2 N–H and O–H groups in total. The first-order valence-electron chi connectivity index (χ1n) is 7.80. The maximum absolute atomic E-state index is 12.3. The molecule has 0 spiro atoms. The number of benzene rings is 1. The van der Waals surface area contributed by atoms with E-state index in [1.165, 1.54) is 0 Å². The maximum atomic E-state index is 12.3. The van der Waals surface area contributed by atoms with Crippen molar-refractivity contribution < 1.29 is 4.79 Å². The van der Waals surface area contributed by atoms with Gasteiger partial charge in [0, 0.05) is 0 Å². The van der Waals surface area contributed by atoms with Crippen molar-refractivity contribution in [1.29, 1.82) is 0 Å². The van der Waals surface area contributed by atoms with E-state index in [0.717, 1.165) is 53.7 Å². The van der Waals surface area contributed by atoms with Gasteiger partial charge in [-0.05, 0) is 25.0 Å². The molecule has 0 unspecified atom stereocenters. The third-order valence-electron chi connectivity index (χ3n) is 4.09. The van der Waals surface area contributed by atoms with Crippen molar-refractivity contribution in [3.05, 3.63) is 29.3 Å². The Bertz CT molecular complexity index is 565. The van der Waals surface area contributed by atoms with Gasteiger partial charge in [-0.1, -0.05) is 51.7 Å². The molecule has 3 nitrogen and oxygen atoms in total. The van der Waals surface area contributed by atoms with Gasteiger partial charge in [0.1, 0.15) is 10.4 Å². The fraction of sp³-hybridized carbons (Fsp3) is 0.529. The first kappa shape index (κ1) is 16.0. The molecule has 1 heterocycles. The van der Waals surface area contributed by atoms with Crippen LogP contribution in [0.25, 0.3) is 10.2 Å². The van der Waals surface area contributed by atoms with Crippen LogP contribution in [0.3, 0.4) is 0 Å². The topological polar surface area (TPSA) is 56.0 Å². The number of thiazole rings is 1. The molecule has 0 fully saturated rings. The average Bonchev–Trinajstić information content (AvgIpc) is 2.91. The molecule has 0 aliphatic carbocycles. The lowest BCUT2D eigenvalue weighted by Crippen LogP contribution is -2.41. The summed E-state index contributed by atoms with van der Waals surface area (Å²) in [6, 6.07) is 8.05. The average molecular weight is 304 g/mol. The highest BCUT2D eigenvalue weighted by Crippen LogP contribution is 2.39. The SMILES string of the molecule is CCCCC(CCCC)(C(N)=O)c1nc2ccccc2s1. The molecule has 0 radical (unpaired) electrons. The van der Waals surface area contributed by atoms with Crippen LogP contribution in [0.15, 0.2) is 24.3 Å². The second kappa shape index (κ2) is 7.03. The largest absolute Gasteiger partial charge is 0.369 e. The van der Waals surface area contributed by atoms with Gasteiger partial charge in [-0.2, -0.15) is 0 Å². The van der Waals surface area contributed by atoms with Crippen LogP contribution >= 0.6 is 11.3 Å². The van der Waals surface area contributed by atoms with Gasteiger partial charge in [0.15, 0.2) is 0 Å². The fourth-order valence-corrected chi connectivity index (χ4v) is 3.94. The number of aromatic nitrogens is 1. The molecule has 1 aromatic carbocycles. The van der Waals surface area contributed by atoms with E-state index >= 15 is 0 Å². The molecule has 2 rings (SSSR count). The molecule has 0 bridgehead atoms. The second-order valence-electron chi connectivity index (χ2n) is 5.64. The van der Waals surface area contributed by atoms with E-state index in [0.29, 0.717) is 0 Å². The van der Waals surface area contributed by atoms with Crippen LogP contribution in [0.4, 0.5) is 0 Å². The van der Waals surface area contributed by atoms with Crippen LogP contribution in [0.2, 0.25) is 0 Å². The number of amides is 1. The number of para-hydroxylation sites is 1. The Morgan fingerprint density at radius 2 is 1.81 bits per heavy atom. The molecular formula is C17H24N2OS. The lowest BCUT2D eigenvalue weighted by Gasteiger charge is -2.28. The molecule has 0 saturated carbocycles. The van der Waals surface area contributed by atoms with Crippen molar-refractivity contribution in [3.8, 4) is 0 Å². The number of hydrogen-bond donors (Lipinski definition) is 1. The Morgan fingerprint density at radius 1 is 1.19 bits per heavy atom. The first-order chi connectivity index (χ1) is 10.1. The van der Waals surface area contributed by atoms with Crippen molar-refractivity contribution in [3.63, 3.8) is 0 Å². The van der Waals surface area contributed by atoms with Crippen molar-refractivity contribution >= 4 is 27.5 Å². The summed E-state index contributed by atoms with van der Waals surface area (Å²) in [6.07, 6.45) is 5.74. The fourth-order valence-electron chi connectivity index (χ4n) is 2.72. The minimum Gasteiger partial charge on any atom is -0.369 e. The molecule has 4 heteroatoms. The number of nitrogens with two attached hydrogens (primary N) is 1. The number of fused-ring (bicyclic) bond motifs is 1. The molecule has 0 saturated heterocycles. The maximum Gasteiger partial charge on any atom is 0.230 e. The van der Waals surface area contributed by atoms with E-state index in [2.05, 4.69) is 19.9 Å². The van der Waals surface area contributed by atoms with E-state index in [-0.39, 0.29) is 5.91 Å². The van der Waals surface area contributed by atoms with E-state index in [1.54, 1.807) is 11.3 Å². The summed E-state index contributed by atoms with van der Waals surface area (Å²) in [5.41, 5.74) is 6.22. The number of carbonyl (C=O) groups is 1. The molecule has 1 amide bonds. The third kappa shape index (κ3) is 3.26. The predicted molar refractivity (Wildman–Crippen MR) is 89.5 cm³/mol. The second-order valence-corrected chi connectivity index (χ2v) is 6.67. The Labute approximate surface area is 130 Å². The molecule has 0 atom stereocenters. The Balaban J connectivity index is 2.46. The zero-order chi connectivity index (χ0) is 15.3. The first-order valence-corrected chi connectivity index (χ1v) is 8.61. The summed E-state index contributed by atoms with van der Waals surface area (Å²) in [5, 5.41) is 0.901. The van der Waals surface area contributed by atoms with Gasteiger partial charge < -0.3 is 5.73 Å². The molecule has 2 aromatic rings. The molecule has 21 heavy (non-hydrogen) atoms. The molecule has 0 aliphatic heterocycles. The number of carbonyl (C=O) groups excluding carboxylic acids is 1. The minimum atomic E-state index is -0.588. The molecule has 0 aliphatic rings. The van der Waals surface area contributed by atoms with Crippen LogP contribution in [-0.4, -0.2) is 10.9 Å². The van der Waals surface area contributed by atoms with Crippen LogP contribution in [0.5, 0.6) is 0 Å². The third-order valence-corrected chi connectivity index (χ3v) is 5.33. The monoisotopic (exact) mass is 304 g/mol. The highest BCUT2D eigenvalue weighted by Gasteiger charge is 2.40. The van der Waals surface area contributed by atoms with Crippen LogP contribution < -0.4 is 5.73 Å². The number of primary amides is 1. The number of rotatable bonds is 8. The van der Waals surface area contributed by atoms with Gasteiger partial charge in [0.05, 0.1) is 10.2 Å². The zero-order valence-corrected chi connectivity index (χ0v) is 13.7. The molecular weight excluding hydrogens is 280 g/mol. The van der Waals surface area contributed by atoms with Gasteiger partial charge in [0.2, 0.25) is 5.91 Å². The van der Waals surface area contributed by atoms with Crippen molar-refractivity contribution in [1.82, 2.24) is 4.98 Å². The summed E-state index contributed by atoms with van der Waals surface area (Å²) in [4.78, 5) is 17.0. The van der Waals surface area contributed by atoms with Crippen molar-refractivity contribution in [2.75, 3.05) is 0 Å². The number of unbranched alkanes of at least 4 members (excludes halogenated alkanes) is 2. The number of hydrogen-bond acceptors (Lipinski definition) is 3. The van der Waals surface area contributed by atoms with E-state index in [4.69, 9.17) is 10.7 Å². The van der Waals surface area contributed by atoms with Gasteiger partial charge in [-0.15, -0.1) is 11.3 Å². The van der Waals surface area contributed by atoms with Gasteiger partial charge in [0.25, 0.3) is 0 Å². The summed E-state index contributed by atoms with van der Waals surface area (Å²) in [6.45, 7) is 4.29. The minimum absolute atomic E-state index is 0.219. The summed E-state index contributed by atoms with van der Waals surface area (Å²) in [5.74, 6) is -0.219. The zero-order valence-electron chi connectivity index (χ0n) is 12.9. The van der Waals surface area contributed by atoms with E-state index in [9.17, 15) is 4.79 Å². The summed E-state index contributed by atoms with van der Waals surface area (Å²) < 4.78 is 1.13. The Kier molecular flexibility index (Phi) is 5.34. The predicted octanol–water partition coefficient (Wildman–Crippen LogP) is 4.40. The standard InChI is InChI=1S/C17H24N2OS/c1-3-5-11-17(15(18)20,12-6-4-2)16-19-13-9-7-8-10-14(13)21-16/h7-10H,3-6,11-12H2,1-2H3,(H2,18,20). The highest BCUT2D eigenvalue weighted by atomic mass is 32.1. The van der Waals surface area contributed by atoms with Crippen LogP contribution in [0, 0.1) is 0 Å². The smallest absolute Gasteiger partial charge is 0.230 e. The van der Waals surface area contributed by atoms with Crippen molar-refractivity contribution in [2.45, 2.75) is 57.8 Å². The lowest BCUT2D eigenvalue weighted by atomic mass is 9.78. The summed E-state index contributed by atoms with van der Waals surface area (Å²) in [7, 11) is 0. The quantitative estimate of drug-likeness (QED) is 0.786. The Hall–Kier alpha value is -1.42.